The lowest BCUT2D eigenvalue weighted by molar-refractivity contribution is 0.769. The van der Waals surface area contributed by atoms with E-state index in [0.717, 1.165) is 45.0 Å². The smallest absolute Gasteiger partial charge is 0.161 e. The zero-order chi connectivity index (χ0) is 37.1. The lowest BCUT2D eigenvalue weighted by Crippen LogP contribution is -2.28. The van der Waals surface area contributed by atoms with Gasteiger partial charge in [-0.2, -0.15) is 0 Å². The van der Waals surface area contributed by atoms with Crippen LogP contribution in [-0.2, 0) is 5.41 Å². The van der Waals surface area contributed by atoms with Crippen molar-refractivity contribution < 1.29 is 0 Å². The number of hydrogen-bond donors (Lipinski definition) is 0. The molecule has 0 bridgehead atoms. The summed E-state index contributed by atoms with van der Waals surface area (Å²) in [6.45, 7) is 0. The van der Waals surface area contributed by atoms with Crippen molar-refractivity contribution >= 4 is 31.5 Å². The predicted molar refractivity (Wildman–Crippen MR) is 234 cm³/mol. The minimum absolute atomic E-state index is 0.506. The highest BCUT2D eigenvalue weighted by Crippen LogP contribution is 2.57. The molecule has 8 aromatic carbocycles. The first-order chi connectivity index (χ1) is 27.8. The van der Waals surface area contributed by atoms with Crippen LogP contribution in [0.4, 0.5) is 0 Å². The molecule has 3 heteroatoms. The van der Waals surface area contributed by atoms with E-state index in [-0.39, 0.29) is 0 Å². The standard InChI is InChI=1S/C53H34N2S/c1-5-17-35(18-6-1)46-34-47(36-19-7-2-8-20-36)55-52(54-46)51-40(31-32-49-50(51)43-26-14-16-28-48(43)56-49)37-29-30-42-41-25-13-15-27-44(41)53(45(42)33-37,38-21-9-3-10-22-38)39-23-11-4-12-24-39/h1-34H. The lowest BCUT2D eigenvalue weighted by Gasteiger charge is -2.34. The summed E-state index contributed by atoms with van der Waals surface area (Å²) in [5, 5.41) is 2.41. The third kappa shape index (κ3) is 5.02. The van der Waals surface area contributed by atoms with Crippen LogP contribution < -0.4 is 0 Å². The van der Waals surface area contributed by atoms with Crippen LogP contribution in [0.5, 0.6) is 0 Å². The van der Waals surface area contributed by atoms with Gasteiger partial charge in [0.05, 0.1) is 16.8 Å². The van der Waals surface area contributed by atoms with Crippen molar-refractivity contribution in [3.8, 4) is 56.2 Å². The maximum Gasteiger partial charge on any atom is 0.161 e. The van der Waals surface area contributed by atoms with Gasteiger partial charge in [-0.3, -0.25) is 0 Å². The van der Waals surface area contributed by atoms with E-state index >= 15 is 0 Å². The topological polar surface area (TPSA) is 25.8 Å². The molecule has 1 aliphatic carbocycles. The Kier molecular flexibility index (Phi) is 7.61. The van der Waals surface area contributed by atoms with Crippen LogP contribution in [0, 0.1) is 0 Å². The molecular formula is C53H34N2S. The second-order valence-electron chi connectivity index (χ2n) is 14.4. The molecular weight excluding hydrogens is 697 g/mol. The minimum Gasteiger partial charge on any atom is -0.228 e. The van der Waals surface area contributed by atoms with Crippen LogP contribution >= 0.6 is 11.3 Å². The van der Waals surface area contributed by atoms with Gasteiger partial charge in [0.1, 0.15) is 0 Å². The normalized spacial score (nSPS) is 12.8. The number of rotatable bonds is 6. The first-order valence-electron chi connectivity index (χ1n) is 19.1. The zero-order valence-electron chi connectivity index (χ0n) is 30.4. The van der Waals surface area contributed by atoms with Crippen molar-refractivity contribution in [2.45, 2.75) is 5.41 Å². The molecule has 0 spiro atoms. The Hall–Kier alpha value is -6.94. The Morgan fingerprint density at radius 1 is 0.375 bits per heavy atom. The Morgan fingerprint density at radius 2 is 0.911 bits per heavy atom. The van der Waals surface area contributed by atoms with Gasteiger partial charge < -0.3 is 0 Å². The van der Waals surface area contributed by atoms with E-state index in [1.54, 1.807) is 0 Å². The number of benzene rings is 8. The summed E-state index contributed by atoms with van der Waals surface area (Å²) in [7, 11) is 0. The Morgan fingerprint density at radius 3 is 1.57 bits per heavy atom. The average molecular weight is 731 g/mol. The number of nitrogens with zero attached hydrogens (tertiary/aromatic N) is 2. The van der Waals surface area contributed by atoms with Crippen LogP contribution in [0.2, 0.25) is 0 Å². The molecule has 0 radical (unpaired) electrons. The van der Waals surface area contributed by atoms with Crippen molar-refractivity contribution in [3.05, 3.63) is 229 Å². The molecule has 262 valence electrons. The van der Waals surface area contributed by atoms with Crippen LogP contribution in [-0.4, -0.2) is 9.97 Å². The number of fused-ring (bicyclic) bond motifs is 6. The van der Waals surface area contributed by atoms with Gasteiger partial charge in [-0.05, 0) is 68.8 Å². The monoisotopic (exact) mass is 730 g/mol. The largest absolute Gasteiger partial charge is 0.228 e. The summed E-state index contributed by atoms with van der Waals surface area (Å²) < 4.78 is 2.47. The molecule has 10 aromatic rings. The van der Waals surface area contributed by atoms with Gasteiger partial charge in [0.15, 0.2) is 5.82 Å². The van der Waals surface area contributed by atoms with Gasteiger partial charge in [0, 0.05) is 36.9 Å². The molecule has 1 aliphatic rings. The van der Waals surface area contributed by atoms with Gasteiger partial charge >= 0.3 is 0 Å². The van der Waals surface area contributed by atoms with E-state index < -0.39 is 5.41 Å². The molecule has 0 fully saturated rings. The quantitative estimate of drug-likeness (QED) is 0.170. The Labute approximate surface area is 330 Å². The van der Waals surface area contributed by atoms with Crippen molar-refractivity contribution in [2.75, 3.05) is 0 Å². The van der Waals surface area contributed by atoms with Gasteiger partial charge in [-0.1, -0.05) is 182 Å². The van der Waals surface area contributed by atoms with E-state index in [1.807, 2.05) is 11.3 Å². The lowest BCUT2D eigenvalue weighted by atomic mass is 9.67. The van der Waals surface area contributed by atoms with E-state index in [4.69, 9.17) is 9.97 Å². The molecule has 0 saturated carbocycles. The fourth-order valence-electron chi connectivity index (χ4n) is 8.97. The van der Waals surface area contributed by atoms with Gasteiger partial charge in [-0.15, -0.1) is 11.3 Å². The first-order valence-corrected chi connectivity index (χ1v) is 19.9. The fourth-order valence-corrected chi connectivity index (χ4v) is 10.1. The highest BCUT2D eigenvalue weighted by atomic mass is 32.1. The highest BCUT2D eigenvalue weighted by molar-refractivity contribution is 7.26. The summed E-state index contributed by atoms with van der Waals surface area (Å²) in [6.07, 6.45) is 0. The second-order valence-corrected chi connectivity index (χ2v) is 15.5. The predicted octanol–water partition coefficient (Wildman–Crippen LogP) is 13.9. The van der Waals surface area contributed by atoms with E-state index in [2.05, 4.69) is 206 Å². The second kappa shape index (κ2) is 13.1. The molecule has 0 atom stereocenters. The summed E-state index contributed by atoms with van der Waals surface area (Å²) in [4.78, 5) is 10.9. The number of thiophene rings is 1. The maximum absolute atomic E-state index is 5.44. The summed E-state index contributed by atoms with van der Waals surface area (Å²) in [5.41, 5.74) is 14.3. The Balaban J connectivity index is 1.24. The third-order valence-corrected chi connectivity index (χ3v) is 12.5. The van der Waals surface area contributed by atoms with Gasteiger partial charge in [0.25, 0.3) is 0 Å². The van der Waals surface area contributed by atoms with Crippen LogP contribution in [0.1, 0.15) is 22.3 Å². The Bertz CT molecular complexity index is 2960. The molecule has 0 amide bonds. The molecule has 0 N–H and O–H groups in total. The van der Waals surface area contributed by atoms with Gasteiger partial charge in [-0.25, -0.2) is 9.97 Å². The van der Waals surface area contributed by atoms with Crippen molar-refractivity contribution in [2.24, 2.45) is 0 Å². The van der Waals surface area contributed by atoms with E-state index in [1.165, 1.54) is 53.6 Å². The van der Waals surface area contributed by atoms with Gasteiger partial charge in [0.2, 0.25) is 0 Å². The van der Waals surface area contributed by atoms with Crippen LogP contribution in [0.15, 0.2) is 206 Å². The third-order valence-electron chi connectivity index (χ3n) is 11.4. The first kappa shape index (κ1) is 32.5. The van der Waals surface area contributed by atoms with E-state index in [0.29, 0.717) is 0 Å². The van der Waals surface area contributed by atoms with Crippen LogP contribution in [0.25, 0.3) is 76.3 Å². The molecule has 2 heterocycles. The molecule has 0 saturated heterocycles. The highest BCUT2D eigenvalue weighted by Gasteiger charge is 2.46. The van der Waals surface area contributed by atoms with Crippen LogP contribution in [0.3, 0.4) is 0 Å². The zero-order valence-corrected chi connectivity index (χ0v) is 31.2. The molecule has 11 rings (SSSR count). The van der Waals surface area contributed by atoms with Crippen molar-refractivity contribution in [1.29, 1.82) is 0 Å². The molecule has 0 aliphatic heterocycles. The molecule has 2 aromatic heterocycles. The minimum atomic E-state index is -0.506. The van der Waals surface area contributed by atoms with Crippen molar-refractivity contribution in [3.63, 3.8) is 0 Å². The summed E-state index contributed by atoms with van der Waals surface area (Å²) >= 11 is 1.83. The molecule has 2 nitrogen and oxygen atoms in total. The van der Waals surface area contributed by atoms with Crippen molar-refractivity contribution in [1.82, 2.24) is 9.97 Å². The van der Waals surface area contributed by atoms with E-state index in [9.17, 15) is 0 Å². The SMILES string of the molecule is c1ccc(-c2cc(-c3ccccc3)nc(-c3c(-c4ccc5c(c4)C(c4ccccc4)(c4ccccc4)c4ccccc4-5)ccc4sc5ccccc5c34)n2)cc1. The summed E-state index contributed by atoms with van der Waals surface area (Å²) in [5.74, 6) is 0.718. The number of aromatic nitrogens is 2. The molecule has 56 heavy (non-hydrogen) atoms. The molecule has 0 unspecified atom stereocenters. The summed E-state index contributed by atoms with van der Waals surface area (Å²) in [6, 6.07) is 74.5. The average Bonchev–Trinajstić information content (AvgIpc) is 3.81. The number of hydrogen-bond acceptors (Lipinski definition) is 3. The maximum atomic E-state index is 5.44. The fraction of sp³-hybridized carbons (Fsp3) is 0.0189.